The van der Waals surface area contributed by atoms with Gasteiger partial charge in [0.15, 0.2) is 11.0 Å². The molecule has 0 unspecified atom stereocenters. The number of pyridine rings is 1. The van der Waals surface area contributed by atoms with E-state index < -0.39 is 0 Å². The third kappa shape index (κ3) is 2.50. The second-order valence-corrected chi connectivity index (χ2v) is 6.73. The van der Waals surface area contributed by atoms with Crippen LogP contribution in [0, 0.1) is 0 Å². The normalized spacial score (nSPS) is 14.0. The Morgan fingerprint density at radius 3 is 2.73 bits per heavy atom. The van der Waals surface area contributed by atoms with Gasteiger partial charge in [-0.15, -0.1) is 10.2 Å². The second kappa shape index (κ2) is 5.73. The molecule has 110 valence electrons. The van der Waals surface area contributed by atoms with Gasteiger partial charge in [0.05, 0.1) is 24.4 Å². The topological polar surface area (TPSA) is 46.8 Å². The van der Waals surface area contributed by atoms with Gasteiger partial charge in [-0.2, -0.15) is 0 Å². The van der Waals surface area contributed by atoms with Crippen molar-refractivity contribution in [2.75, 3.05) is 10.8 Å². The second-order valence-electron chi connectivity index (χ2n) is 4.91. The largest absolute Gasteiger partial charge is 0.342 e. The number of halogens is 1. The molecule has 1 aliphatic rings. The van der Waals surface area contributed by atoms with Crippen molar-refractivity contribution in [2.45, 2.75) is 11.8 Å². The van der Waals surface area contributed by atoms with E-state index in [0.717, 1.165) is 39.2 Å². The smallest absolute Gasteiger partial charge is 0.194 e. The van der Waals surface area contributed by atoms with Crippen LogP contribution in [0.3, 0.4) is 0 Å². The van der Waals surface area contributed by atoms with E-state index in [1.54, 1.807) is 18.0 Å². The van der Waals surface area contributed by atoms with Crippen molar-refractivity contribution < 1.29 is 0 Å². The van der Waals surface area contributed by atoms with E-state index in [9.17, 15) is 0 Å². The molecule has 0 amide bonds. The molecule has 0 bridgehead atoms. The van der Waals surface area contributed by atoms with Crippen molar-refractivity contribution in [1.82, 2.24) is 19.7 Å². The molecule has 0 saturated carbocycles. The molecule has 0 saturated heterocycles. The fourth-order valence-corrected chi connectivity index (χ4v) is 3.54. The van der Waals surface area contributed by atoms with Crippen LogP contribution in [0.15, 0.2) is 58.4 Å². The van der Waals surface area contributed by atoms with Crippen LogP contribution in [0.1, 0.15) is 0 Å². The number of rotatable bonds is 2. The number of thioether (sulfide) groups is 1. The maximum atomic E-state index is 4.36. The highest BCUT2D eigenvalue weighted by atomic mass is 79.9. The van der Waals surface area contributed by atoms with Crippen molar-refractivity contribution >= 4 is 33.4 Å². The van der Waals surface area contributed by atoms with E-state index in [1.807, 2.05) is 24.4 Å². The minimum atomic E-state index is 0.729. The minimum Gasteiger partial charge on any atom is -0.342 e. The number of fused-ring (bicyclic) bond motifs is 1. The number of hydrogen-bond acceptors (Lipinski definition) is 5. The molecule has 3 heterocycles. The van der Waals surface area contributed by atoms with E-state index >= 15 is 0 Å². The fraction of sp³-hybridized carbons (Fsp3) is 0.133. The Kier molecular flexibility index (Phi) is 3.59. The molecule has 1 aromatic carbocycles. The zero-order valence-electron chi connectivity index (χ0n) is 11.6. The lowest BCUT2D eigenvalue weighted by atomic mass is 10.2. The summed E-state index contributed by atoms with van der Waals surface area (Å²) in [5.74, 6) is 1.74. The van der Waals surface area contributed by atoms with E-state index in [1.165, 1.54) is 0 Å². The van der Waals surface area contributed by atoms with Crippen LogP contribution in [-0.4, -0.2) is 25.6 Å². The van der Waals surface area contributed by atoms with Gasteiger partial charge in [-0.3, -0.25) is 9.55 Å². The summed E-state index contributed by atoms with van der Waals surface area (Å²) < 4.78 is 3.20. The van der Waals surface area contributed by atoms with E-state index in [2.05, 4.69) is 58.8 Å². The molecule has 0 fully saturated rings. The van der Waals surface area contributed by atoms with Gasteiger partial charge in [-0.05, 0) is 24.3 Å². The SMILES string of the molecule is Brc1ccc(-c2nnc3n2CN(c2cccnc2)CS3)cc1. The molecule has 5 nitrogen and oxygen atoms in total. The van der Waals surface area contributed by atoms with Gasteiger partial charge in [0.2, 0.25) is 0 Å². The number of nitrogens with zero attached hydrogens (tertiary/aromatic N) is 5. The Balaban J connectivity index is 1.69. The van der Waals surface area contributed by atoms with Gasteiger partial charge < -0.3 is 4.90 Å². The molecule has 0 aliphatic carbocycles. The van der Waals surface area contributed by atoms with Crippen LogP contribution in [0.5, 0.6) is 0 Å². The summed E-state index contributed by atoms with van der Waals surface area (Å²) in [6.07, 6.45) is 3.67. The average molecular weight is 374 g/mol. The number of anilines is 1. The monoisotopic (exact) mass is 373 g/mol. The van der Waals surface area contributed by atoms with Gasteiger partial charge in [0.1, 0.15) is 0 Å². The summed E-state index contributed by atoms with van der Waals surface area (Å²) in [6, 6.07) is 12.2. The van der Waals surface area contributed by atoms with Gasteiger partial charge >= 0.3 is 0 Å². The molecule has 7 heteroatoms. The molecule has 0 N–H and O–H groups in total. The molecule has 3 aromatic rings. The zero-order valence-corrected chi connectivity index (χ0v) is 14.0. The Morgan fingerprint density at radius 1 is 1.09 bits per heavy atom. The molecular weight excluding hydrogens is 362 g/mol. The summed E-state index contributed by atoms with van der Waals surface area (Å²) in [7, 11) is 0. The highest BCUT2D eigenvalue weighted by Gasteiger charge is 2.22. The van der Waals surface area contributed by atoms with E-state index in [4.69, 9.17) is 0 Å². The minimum absolute atomic E-state index is 0.729. The molecule has 22 heavy (non-hydrogen) atoms. The highest BCUT2D eigenvalue weighted by molar-refractivity contribution is 9.10. The van der Waals surface area contributed by atoms with E-state index in [0.29, 0.717) is 0 Å². The maximum Gasteiger partial charge on any atom is 0.194 e. The third-order valence-corrected chi connectivity index (χ3v) is 5.02. The van der Waals surface area contributed by atoms with Crippen molar-refractivity contribution in [3.05, 3.63) is 53.3 Å². The third-order valence-electron chi connectivity index (χ3n) is 3.49. The van der Waals surface area contributed by atoms with Crippen LogP contribution in [-0.2, 0) is 6.67 Å². The Hall–Kier alpha value is -1.86. The quantitative estimate of drug-likeness (QED) is 0.686. The van der Waals surface area contributed by atoms with Gasteiger partial charge in [-0.1, -0.05) is 39.8 Å². The molecule has 0 radical (unpaired) electrons. The first-order valence-electron chi connectivity index (χ1n) is 6.78. The van der Waals surface area contributed by atoms with Crippen LogP contribution < -0.4 is 4.90 Å². The number of aromatic nitrogens is 4. The van der Waals surface area contributed by atoms with Gasteiger partial charge in [0.25, 0.3) is 0 Å². The summed E-state index contributed by atoms with van der Waals surface area (Å²) in [5, 5.41) is 9.62. The molecular formula is C15H12BrN5S. The Morgan fingerprint density at radius 2 is 1.95 bits per heavy atom. The molecule has 4 rings (SSSR count). The summed E-state index contributed by atoms with van der Waals surface area (Å²) >= 11 is 5.15. The van der Waals surface area contributed by atoms with Crippen molar-refractivity contribution in [2.24, 2.45) is 0 Å². The fourth-order valence-electron chi connectivity index (χ4n) is 2.38. The summed E-state index contributed by atoms with van der Waals surface area (Å²) in [5.41, 5.74) is 2.17. The first-order chi connectivity index (χ1) is 10.8. The first-order valence-corrected chi connectivity index (χ1v) is 8.56. The Bertz CT molecular complexity index is 787. The van der Waals surface area contributed by atoms with Gasteiger partial charge in [0, 0.05) is 16.2 Å². The number of benzene rings is 1. The maximum absolute atomic E-state index is 4.36. The molecule has 2 aromatic heterocycles. The molecule has 0 atom stereocenters. The Labute approximate surface area is 140 Å². The van der Waals surface area contributed by atoms with Crippen LogP contribution in [0.4, 0.5) is 5.69 Å². The first kappa shape index (κ1) is 13.8. The highest BCUT2D eigenvalue weighted by Crippen LogP contribution is 2.31. The lowest BCUT2D eigenvalue weighted by Gasteiger charge is -2.29. The predicted octanol–water partition coefficient (Wildman–Crippen LogP) is 3.63. The predicted molar refractivity (Wildman–Crippen MR) is 90.6 cm³/mol. The summed E-state index contributed by atoms with van der Waals surface area (Å²) in [4.78, 5) is 6.46. The van der Waals surface area contributed by atoms with Crippen molar-refractivity contribution in [3.8, 4) is 11.4 Å². The zero-order chi connectivity index (χ0) is 14.9. The molecule has 0 spiro atoms. The summed E-state index contributed by atoms with van der Waals surface area (Å²) in [6.45, 7) is 0.729. The van der Waals surface area contributed by atoms with Gasteiger partial charge in [-0.25, -0.2) is 0 Å². The van der Waals surface area contributed by atoms with Crippen LogP contribution in [0.2, 0.25) is 0 Å². The lowest BCUT2D eigenvalue weighted by Crippen LogP contribution is -2.30. The molecule has 1 aliphatic heterocycles. The van der Waals surface area contributed by atoms with Crippen LogP contribution in [0.25, 0.3) is 11.4 Å². The van der Waals surface area contributed by atoms with E-state index in [-0.39, 0.29) is 0 Å². The average Bonchev–Trinajstić information content (AvgIpc) is 2.99. The van der Waals surface area contributed by atoms with Crippen LogP contribution >= 0.6 is 27.7 Å². The standard InChI is InChI=1S/C15H12BrN5S/c16-12-5-3-11(4-6-12)14-18-19-15-21(14)9-20(10-22-15)13-2-1-7-17-8-13/h1-8H,9-10H2. The van der Waals surface area contributed by atoms with Crippen molar-refractivity contribution in [3.63, 3.8) is 0 Å². The lowest BCUT2D eigenvalue weighted by molar-refractivity contribution is 0.607. The van der Waals surface area contributed by atoms with Crippen molar-refractivity contribution in [1.29, 1.82) is 0 Å². The number of hydrogen-bond donors (Lipinski definition) is 0.